The van der Waals surface area contributed by atoms with Crippen LogP contribution in [0.1, 0.15) is 5.82 Å². The van der Waals surface area contributed by atoms with E-state index in [4.69, 9.17) is 9.29 Å². The zero-order valence-electron chi connectivity index (χ0n) is 13.7. The molecule has 0 aliphatic rings. The highest BCUT2D eigenvalue weighted by Crippen LogP contribution is 2.31. The Kier molecular flexibility index (Phi) is 4.76. The molecule has 1 N–H and O–H groups in total. The predicted molar refractivity (Wildman–Crippen MR) is 83.7 cm³/mol. The molecule has 0 fully saturated rings. The Labute approximate surface area is 154 Å². The number of hydrogen-bond donors (Lipinski definition) is 1. The third kappa shape index (κ3) is 3.77. The fraction of sp³-hybridized carbons (Fsp3) is 0.143. The van der Waals surface area contributed by atoms with Gasteiger partial charge < -0.3 is 4.74 Å². The largest absolute Gasteiger partial charge is 0.494 e. The molecule has 3 rings (SSSR count). The normalized spacial score (nSPS) is 12.2. The molecule has 0 atom stereocenters. The molecule has 3 aromatic rings. The lowest BCUT2D eigenvalue weighted by Gasteiger charge is -2.07. The molecular weight excluding hydrogens is 410 g/mol. The minimum Gasteiger partial charge on any atom is -0.494 e. The summed E-state index contributed by atoms with van der Waals surface area (Å²) in [6.45, 7) is 0. The Hall–Kier alpha value is -3.13. The van der Waals surface area contributed by atoms with E-state index in [9.17, 15) is 26.0 Å². The number of nitrogens with zero attached hydrogens (tertiary/aromatic N) is 5. The van der Waals surface area contributed by atoms with Gasteiger partial charge in [-0.2, -0.15) is 26.3 Å². The summed E-state index contributed by atoms with van der Waals surface area (Å²) in [5, 5.41) is 9.15. The third-order valence-corrected chi connectivity index (χ3v) is 4.12. The maximum atomic E-state index is 14.0. The molecule has 0 unspecified atom stereocenters. The standard InChI is InChI=1S/C14H9F4N5O4S/c1-27-9-3-2-7(6-8(9)15)12-19-13(14(16,17)18)22-23(12)10-4-5-11(21-20-10)28(24,25)26/h2-6H,1H3,(H,24,25,26). The van der Waals surface area contributed by atoms with Gasteiger partial charge in [0.1, 0.15) is 0 Å². The van der Waals surface area contributed by atoms with E-state index in [0.29, 0.717) is 4.68 Å². The number of hydrogen-bond acceptors (Lipinski definition) is 7. The fourth-order valence-corrected chi connectivity index (χ4v) is 2.53. The van der Waals surface area contributed by atoms with Crippen molar-refractivity contribution in [1.82, 2.24) is 25.0 Å². The van der Waals surface area contributed by atoms with Gasteiger partial charge in [-0.05, 0) is 30.3 Å². The first-order valence-electron chi connectivity index (χ1n) is 7.20. The maximum absolute atomic E-state index is 14.0. The van der Waals surface area contributed by atoms with Crippen molar-refractivity contribution in [2.24, 2.45) is 0 Å². The Balaban J connectivity index is 2.18. The van der Waals surface area contributed by atoms with E-state index in [2.05, 4.69) is 20.3 Å². The number of methoxy groups -OCH3 is 1. The van der Waals surface area contributed by atoms with E-state index in [-0.39, 0.29) is 17.1 Å². The molecule has 2 heterocycles. The van der Waals surface area contributed by atoms with Crippen molar-refractivity contribution in [2.45, 2.75) is 11.2 Å². The summed E-state index contributed by atoms with van der Waals surface area (Å²) in [4.78, 5) is 3.38. The Morgan fingerprint density at radius 3 is 2.36 bits per heavy atom. The molecule has 28 heavy (non-hydrogen) atoms. The number of rotatable bonds is 4. The summed E-state index contributed by atoms with van der Waals surface area (Å²) in [7, 11) is -3.44. The molecule has 0 saturated heterocycles. The smallest absolute Gasteiger partial charge is 0.453 e. The van der Waals surface area contributed by atoms with Crippen molar-refractivity contribution in [3.8, 4) is 23.0 Å². The van der Waals surface area contributed by atoms with Crippen LogP contribution in [0.5, 0.6) is 5.75 Å². The third-order valence-electron chi connectivity index (χ3n) is 3.38. The minimum absolute atomic E-state index is 0.0815. The van der Waals surface area contributed by atoms with Gasteiger partial charge in [-0.15, -0.1) is 15.3 Å². The highest BCUT2D eigenvalue weighted by molar-refractivity contribution is 7.85. The lowest BCUT2D eigenvalue weighted by Crippen LogP contribution is -2.10. The van der Waals surface area contributed by atoms with Gasteiger partial charge in [0, 0.05) is 5.56 Å². The second-order valence-corrected chi connectivity index (χ2v) is 6.59. The lowest BCUT2D eigenvalue weighted by molar-refractivity contribution is -0.144. The predicted octanol–water partition coefficient (Wildman–Crippen LogP) is 2.14. The van der Waals surface area contributed by atoms with Crippen molar-refractivity contribution in [3.05, 3.63) is 42.0 Å². The summed E-state index contributed by atoms with van der Waals surface area (Å²) in [5.74, 6) is -3.29. The molecule has 0 bridgehead atoms. The number of ether oxygens (including phenoxy) is 1. The van der Waals surface area contributed by atoms with Gasteiger partial charge >= 0.3 is 16.3 Å². The Bertz CT molecular complexity index is 1130. The number of benzene rings is 1. The van der Waals surface area contributed by atoms with Gasteiger partial charge in [0.15, 0.2) is 23.2 Å². The average Bonchev–Trinajstić information content (AvgIpc) is 3.07. The van der Waals surface area contributed by atoms with Crippen molar-refractivity contribution in [1.29, 1.82) is 0 Å². The van der Waals surface area contributed by atoms with E-state index in [1.807, 2.05) is 0 Å². The first-order chi connectivity index (χ1) is 13.0. The monoisotopic (exact) mass is 419 g/mol. The molecule has 0 aliphatic heterocycles. The Morgan fingerprint density at radius 1 is 1.14 bits per heavy atom. The van der Waals surface area contributed by atoms with Crippen molar-refractivity contribution in [3.63, 3.8) is 0 Å². The maximum Gasteiger partial charge on any atom is 0.453 e. The van der Waals surface area contributed by atoms with Gasteiger partial charge in [0.05, 0.1) is 7.11 Å². The van der Waals surface area contributed by atoms with Crippen LogP contribution in [-0.4, -0.2) is 45.0 Å². The summed E-state index contributed by atoms with van der Waals surface area (Å²) in [5.41, 5.74) is -0.0815. The quantitative estimate of drug-likeness (QED) is 0.505. The minimum atomic E-state index is -4.91. The van der Waals surface area contributed by atoms with Gasteiger partial charge in [-0.3, -0.25) is 4.55 Å². The summed E-state index contributed by atoms with van der Waals surface area (Å²) in [6, 6.07) is 5.09. The number of halogens is 4. The second-order valence-electron chi connectivity index (χ2n) is 5.22. The Morgan fingerprint density at radius 2 is 1.86 bits per heavy atom. The molecule has 9 nitrogen and oxygen atoms in total. The molecule has 0 radical (unpaired) electrons. The molecule has 1 aromatic carbocycles. The molecule has 2 aromatic heterocycles. The van der Waals surface area contributed by atoms with Crippen LogP contribution in [0.2, 0.25) is 0 Å². The molecule has 0 amide bonds. The van der Waals surface area contributed by atoms with Crippen LogP contribution in [-0.2, 0) is 16.3 Å². The van der Waals surface area contributed by atoms with E-state index in [1.54, 1.807) is 0 Å². The summed E-state index contributed by atoms with van der Waals surface area (Å²) in [6.07, 6.45) is -4.91. The molecule has 14 heteroatoms. The van der Waals surface area contributed by atoms with E-state index in [0.717, 1.165) is 18.2 Å². The first-order valence-corrected chi connectivity index (χ1v) is 8.64. The summed E-state index contributed by atoms with van der Waals surface area (Å²) < 4.78 is 89.4. The highest BCUT2D eigenvalue weighted by Gasteiger charge is 2.37. The van der Waals surface area contributed by atoms with E-state index < -0.39 is 38.8 Å². The molecular formula is C14H9F4N5O4S. The van der Waals surface area contributed by atoms with Gasteiger partial charge in [0.25, 0.3) is 5.82 Å². The highest BCUT2D eigenvalue weighted by atomic mass is 32.2. The first kappa shape index (κ1) is 19.6. The number of aromatic nitrogens is 5. The average molecular weight is 419 g/mol. The summed E-state index contributed by atoms with van der Waals surface area (Å²) >= 11 is 0. The van der Waals surface area contributed by atoms with Gasteiger partial charge in [-0.25, -0.2) is 9.37 Å². The molecule has 0 aliphatic carbocycles. The molecule has 0 saturated carbocycles. The van der Waals surface area contributed by atoms with Crippen LogP contribution < -0.4 is 4.74 Å². The molecule has 148 valence electrons. The van der Waals surface area contributed by atoms with Crippen LogP contribution in [0, 0.1) is 5.82 Å². The van der Waals surface area contributed by atoms with Crippen LogP contribution in [0.25, 0.3) is 17.2 Å². The zero-order chi connectivity index (χ0) is 20.7. The van der Waals surface area contributed by atoms with Crippen molar-refractivity contribution < 1.29 is 35.3 Å². The second kappa shape index (κ2) is 6.79. The molecule has 0 spiro atoms. The zero-order valence-corrected chi connectivity index (χ0v) is 14.5. The van der Waals surface area contributed by atoms with Crippen LogP contribution in [0.15, 0.2) is 35.4 Å². The van der Waals surface area contributed by atoms with Crippen molar-refractivity contribution >= 4 is 10.1 Å². The van der Waals surface area contributed by atoms with Gasteiger partial charge in [-0.1, -0.05) is 0 Å². The van der Waals surface area contributed by atoms with Crippen molar-refractivity contribution in [2.75, 3.05) is 7.11 Å². The fourth-order valence-electron chi connectivity index (χ4n) is 2.15. The topological polar surface area (TPSA) is 120 Å². The number of alkyl halides is 3. The van der Waals surface area contributed by atoms with Crippen LogP contribution in [0.4, 0.5) is 17.6 Å². The van der Waals surface area contributed by atoms with Crippen LogP contribution in [0.3, 0.4) is 0 Å². The van der Waals surface area contributed by atoms with Crippen LogP contribution >= 0.6 is 0 Å². The van der Waals surface area contributed by atoms with E-state index >= 15 is 0 Å². The SMILES string of the molecule is COc1ccc(-c2nc(C(F)(F)F)nn2-c2ccc(S(=O)(=O)O)nn2)cc1F. The van der Waals surface area contributed by atoms with Gasteiger partial charge in [0.2, 0.25) is 5.03 Å². The lowest BCUT2D eigenvalue weighted by atomic mass is 10.2. The van der Waals surface area contributed by atoms with E-state index in [1.165, 1.54) is 19.2 Å².